The van der Waals surface area contributed by atoms with Crippen LogP contribution in [0.25, 0.3) is 0 Å². The SMILES string of the molecule is Cc1cc([N+](=O)[O-])c(Cl)c(S(=O)(=O)N2CCC(CN)C2)c1. The van der Waals surface area contributed by atoms with Crippen LogP contribution in [-0.4, -0.2) is 37.3 Å². The number of hydrogen-bond acceptors (Lipinski definition) is 5. The summed E-state index contributed by atoms with van der Waals surface area (Å²) >= 11 is 5.94. The van der Waals surface area contributed by atoms with Crippen LogP contribution in [0.3, 0.4) is 0 Å². The number of nitrogens with two attached hydrogens (primary N) is 1. The molecule has 1 unspecified atom stereocenters. The zero-order valence-electron chi connectivity index (χ0n) is 11.5. The molecule has 0 amide bonds. The fourth-order valence-electron chi connectivity index (χ4n) is 2.38. The Kier molecular flexibility index (Phi) is 4.52. The molecule has 0 aromatic heterocycles. The van der Waals surface area contributed by atoms with Crippen molar-refractivity contribution in [1.82, 2.24) is 4.31 Å². The molecule has 1 aromatic carbocycles. The quantitative estimate of drug-likeness (QED) is 0.664. The van der Waals surface area contributed by atoms with Gasteiger partial charge in [0.2, 0.25) is 10.0 Å². The van der Waals surface area contributed by atoms with Crippen LogP contribution in [0.4, 0.5) is 5.69 Å². The number of aryl methyl sites for hydroxylation is 1. The fraction of sp³-hybridized carbons (Fsp3) is 0.500. The molecular formula is C12H16ClN3O4S. The van der Waals surface area contributed by atoms with E-state index in [9.17, 15) is 18.5 Å². The summed E-state index contributed by atoms with van der Waals surface area (Å²) in [6.07, 6.45) is 0.682. The molecule has 9 heteroatoms. The summed E-state index contributed by atoms with van der Waals surface area (Å²) in [7, 11) is -3.85. The molecule has 2 rings (SSSR count). The maximum Gasteiger partial charge on any atom is 0.289 e. The number of sulfonamides is 1. The van der Waals surface area contributed by atoms with Gasteiger partial charge in [-0.25, -0.2) is 8.42 Å². The van der Waals surface area contributed by atoms with E-state index >= 15 is 0 Å². The second kappa shape index (κ2) is 5.88. The second-order valence-electron chi connectivity index (χ2n) is 5.11. The molecule has 1 aromatic rings. The summed E-state index contributed by atoms with van der Waals surface area (Å²) in [5, 5.41) is 10.6. The Labute approximate surface area is 127 Å². The molecule has 1 aliphatic rings. The van der Waals surface area contributed by atoms with Gasteiger partial charge in [0, 0.05) is 19.2 Å². The van der Waals surface area contributed by atoms with Crippen LogP contribution in [0.5, 0.6) is 0 Å². The maximum absolute atomic E-state index is 12.6. The number of halogens is 1. The average molecular weight is 334 g/mol. The van der Waals surface area contributed by atoms with Gasteiger partial charge in [0.25, 0.3) is 5.69 Å². The first-order chi connectivity index (χ1) is 9.77. The molecule has 0 spiro atoms. The second-order valence-corrected chi connectivity index (χ2v) is 7.39. The minimum atomic E-state index is -3.85. The zero-order chi connectivity index (χ0) is 15.8. The van der Waals surface area contributed by atoms with Crippen LogP contribution in [0.1, 0.15) is 12.0 Å². The lowest BCUT2D eigenvalue weighted by Crippen LogP contribution is -2.30. The molecule has 7 nitrogen and oxygen atoms in total. The van der Waals surface area contributed by atoms with Gasteiger partial charge < -0.3 is 5.73 Å². The number of nitro benzene ring substituents is 1. The summed E-state index contributed by atoms with van der Waals surface area (Å²) in [5.74, 6) is 0.110. The highest BCUT2D eigenvalue weighted by Crippen LogP contribution is 2.35. The molecule has 0 aliphatic carbocycles. The topological polar surface area (TPSA) is 107 Å². The molecule has 1 saturated heterocycles. The van der Waals surface area contributed by atoms with Crippen molar-refractivity contribution in [1.29, 1.82) is 0 Å². The number of hydrogen-bond donors (Lipinski definition) is 1. The highest BCUT2D eigenvalue weighted by atomic mass is 35.5. The standard InChI is InChI=1S/C12H16ClN3O4S/c1-8-4-10(16(17)18)12(13)11(5-8)21(19,20)15-3-2-9(6-14)7-15/h4-5,9H,2-3,6-7,14H2,1H3. The van der Waals surface area contributed by atoms with E-state index in [1.54, 1.807) is 6.92 Å². The lowest BCUT2D eigenvalue weighted by atomic mass is 10.1. The van der Waals surface area contributed by atoms with E-state index in [0.717, 1.165) is 0 Å². The van der Waals surface area contributed by atoms with E-state index in [2.05, 4.69) is 0 Å². The summed E-state index contributed by atoms with van der Waals surface area (Å²) in [5.41, 5.74) is 5.63. The molecule has 2 N–H and O–H groups in total. The summed E-state index contributed by atoms with van der Waals surface area (Å²) < 4.78 is 26.5. The van der Waals surface area contributed by atoms with E-state index in [-0.39, 0.29) is 15.8 Å². The molecule has 116 valence electrons. The van der Waals surface area contributed by atoms with E-state index in [1.165, 1.54) is 16.4 Å². The van der Waals surface area contributed by atoms with Crippen LogP contribution in [-0.2, 0) is 10.0 Å². The van der Waals surface area contributed by atoms with Gasteiger partial charge in [0.05, 0.1) is 4.92 Å². The Morgan fingerprint density at radius 2 is 2.19 bits per heavy atom. The van der Waals surface area contributed by atoms with Gasteiger partial charge in [-0.3, -0.25) is 10.1 Å². The van der Waals surface area contributed by atoms with Crippen molar-refractivity contribution >= 4 is 27.3 Å². The predicted octanol–water partition coefficient (Wildman–Crippen LogP) is 1.53. The maximum atomic E-state index is 12.6. The zero-order valence-corrected chi connectivity index (χ0v) is 13.0. The van der Waals surface area contributed by atoms with Gasteiger partial charge >= 0.3 is 0 Å². The molecule has 1 heterocycles. The van der Waals surface area contributed by atoms with Crippen LogP contribution in [0.15, 0.2) is 17.0 Å². The van der Waals surface area contributed by atoms with E-state index < -0.39 is 20.6 Å². The number of nitrogens with zero attached hydrogens (tertiary/aromatic N) is 2. The van der Waals surface area contributed by atoms with Gasteiger partial charge in [-0.15, -0.1) is 0 Å². The Morgan fingerprint density at radius 3 is 2.71 bits per heavy atom. The van der Waals surface area contributed by atoms with Crippen molar-refractivity contribution in [3.05, 3.63) is 32.8 Å². The van der Waals surface area contributed by atoms with E-state index in [0.29, 0.717) is 31.6 Å². The summed E-state index contributed by atoms with van der Waals surface area (Å²) in [4.78, 5) is 10.1. The normalized spacial score (nSPS) is 19.9. The fourth-order valence-corrected chi connectivity index (χ4v) is 4.55. The van der Waals surface area contributed by atoms with Gasteiger partial charge in [0.15, 0.2) is 0 Å². The highest BCUT2D eigenvalue weighted by Gasteiger charge is 2.35. The Morgan fingerprint density at radius 1 is 1.52 bits per heavy atom. The first-order valence-corrected chi connectivity index (χ1v) is 8.24. The van der Waals surface area contributed by atoms with Gasteiger partial charge in [-0.1, -0.05) is 11.6 Å². The van der Waals surface area contributed by atoms with Gasteiger partial charge in [-0.2, -0.15) is 4.31 Å². The molecule has 0 radical (unpaired) electrons. The Balaban J connectivity index is 2.48. The van der Waals surface area contributed by atoms with Gasteiger partial charge in [0.1, 0.15) is 9.92 Å². The first-order valence-electron chi connectivity index (χ1n) is 6.42. The molecule has 0 bridgehead atoms. The third-order valence-electron chi connectivity index (χ3n) is 3.56. The van der Waals surface area contributed by atoms with Crippen LogP contribution in [0.2, 0.25) is 5.02 Å². The minimum absolute atomic E-state index is 0.110. The number of rotatable bonds is 4. The van der Waals surface area contributed by atoms with Crippen molar-refractivity contribution in [3.8, 4) is 0 Å². The molecular weight excluding hydrogens is 318 g/mol. The predicted molar refractivity (Wildman–Crippen MR) is 78.8 cm³/mol. The van der Waals surface area contributed by atoms with Crippen molar-refractivity contribution in [3.63, 3.8) is 0 Å². The largest absolute Gasteiger partial charge is 0.330 e. The average Bonchev–Trinajstić information content (AvgIpc) is 2.90. The van der Waals surface area contributed by atoms with Gasteiger partial charge in [-0.05, 0) is 37.4 Å². The lowest BCUT2D eigenvalue weighted by molar-refractivity contribution is -0.385. The lowest BCUT2D eigenvalue weighted by Gasteiger charge is -2.17. The van der Waals surface area contributed by atoms with Crippen LogP contribution in [0, 0.1) is 23.0 Å². The van der Waals surface area contributed by atoms with Crippen molar-refractivity contribution < 1.29 is 13.3 Å². The van der Waals surface area contributed by atoms with Crippen molar-refractivity contribution in [2.45, 2.75) is 18.2 Å². The summed E-state index contributed by atoms with van der Waals surface area (Å²) in [6, 6.07) is 2.62. The molecule has 0 saturated carbocycles. The van der Waals surface area contributed by atoms with Crippen molar-refractivity contribution in [2.75, 3.05) is 19.6 Å². The van der Waals surface area contributed by atoms with Crippen molar-refractivity contribution in [2.24, 2.45) is 11.7 Å². The molecule has 1 fully saturated rings. The monoisotopic (exact) mass is 333 g/mol. The first kappa shape index (κ1) is 16.2. The molecule has 1 aliphatic heterocycles. The van der Waals surface area contributed by atoms with Crippen LogP contribution < -0.4 is 5.73 Å². The number of benzene rings is 1. The minimum Gasteiger partial charge on any atom is -0.330 e. The molecule has 21 heavy (non-hydrogen) atoms. The third kappa shape index (κ3) is 3.03. The number of nitro groups is 1. The summed E-state index contributed by atoms with van der Waals surface area (Å²) in [6.45, 7) is 2.67. The Bertz CT molecular complexity index is 677. The third-order valence-corrected chi connectivity index (χ3v) is 5.96. The smallest absolute Gasteiger partial charge is 0.289 e. The van der Waals surface area contributed by atoms with E-state index in [4.69, 9.17) is 17.3 Å². The van der Waals surface area contributed by atoms with E-state index in [1.807, 2.05) is 0 Å². The Hall–Kier alpha value is -1.22. The molecule has 1 atom stereocenters. The van der Waals surface area contributed by atoms with Crippen LogP contribution >= 0.6 is 11.6 Å². The highest BCUT2D eigenvalue weighted by molar-refractivity contribution is 7.89.